The predicted molar refractivity (Wildman–Crippen MR) is 80.7 cm³/mol. The van der Waals surface area contributed by atoms with E-state index in [-0.39, 0.29) is 0 Å². The Morgan fingerprint density at radius 1 is 1.35 bits per heavy atom. The number of nitrogens with one attached hydrogen (secondary N) is 1. The Hall–Kier alpha value is -1.44. The van der Waals surface area contributed by atoms with Crippen molar-refractivity contribution in [3.05, 3.63) is 29.5 Å². The van der Waals surface area contributed by atoms with Crippen LogP contribution in [-0.4, -0.2) is 44.8 Å². The molecule has 0 atom stereocenters. The molecule has 2 rings (SSSR count). The highest BCUT2D eigenvalue weighted by Crippen LogP contribution is 2.24. The van der Waals surface area contributed by atoms with Crippen molar-refractivity contribution in [3.8, 4) is 0 Å². The first-order valence-corrected chi connectivity index (χ1v) is 8.20. The van der Waals surface area contributed by atoms with Crippen molar-refractivity contribution in [2.75, 3.05) is 31.3 Å². The van der Waals surface area contributed by atoms with Gasteiger partial charge in [-0.1, -0.05) is 11.6 Å². The van der Waals surface area contributed by atoms with E-state index in [1.54, 1.807) is 12.1 Å². The van der Waals surface area contributed by atoms with Crippen LogP contribution in [0.2, 0.25) is 5.02 Å². The van der Waals surface area contributed by atoms with E-state index >= 15 is 0 Å². The van der Waals surface area contributed by atoms with E-state index in [4.69, 9.17) is 11.6 Å². The predicted octanol–water partition coefficient (Wildman–Crippen LogP) is 1.27. The molecular formula is C12H15ClN4O2S. The largest absolute Gasteiger partial charge is 0.358 e. The molecule has 1 N–H and O–H groups in total. The lowest BCUT2D eigenvalue weighted by atomic mass is 10.2. The third-order valence-corrected chi connectivity index (χ3v) is 3.71. The van der Waals surface area contributed by atoms with Gasteiger partial charge in [-0.05, 0) is 18.2 Å². The molecule has 0 bridgehead atoms. The second-order valence-corrected chi connectivity index (χ2v) is 6.72. The molecule has 0 saturated heterocycles. The zero-order chi connectivity index (χ0) is 14.8. The van der Waals surface area contributed by atoms with Gasteiger partial charge in [-0.15, -0.1) is 0 Å². The molecule has 0 aliphatic heterocycles. The minimum Gasteiger partial charge on any atom is -0.358 e. The van der Waals surface area contributed by atoms with Crippen LogP contribution in [0.15, 0.2) is 24.5 Å². The van der Waals surface area contributed by atoms with E-state index in [1.165, 1.54) is 6.33 Å². The Labute approximate surface area is 122 Å². The van der Waals surface area contributed by atoms with Crippen molar-refractivity contribution >= 4 is 38.3 Å². The summed E-state index contributed by atoms with van der Waals surface area (Å²) < 4.78 is 24.5. The van der Waals surface area contributed by atoms with Gasteiger partial charge >= 0.3 is 0 Å². The van der Waals surface area contributed by atoms with Crippen molar-refractivity contribution in [3.63, 3.8) is 0 Å². The summed E-state index contributed by atoms with van der Waals surface area (Å²) in [5.74, 6) is 0.738. The molecule has 8 heteroatoms. The van der Waals surface area contributed by atoms with Gasteiger partial charge in [-0.25, -0.2) is 23.1 Å². The number of aromatic nitrogens is 2. The molecule has 1 aromatic carbocycles. The van der Waals surface area contributed by atoms with Crippen LogP contribution < -0.4 is 9.62 Å². The molecule has 1 aromatic heterocycles. The normalized spacial score (nSPS) is 11.8. The maximum atomic E-state index is 11.0. The number of halogens is 1. The van der Waals surface area contributed by atoms with Crippen LogP contribution in [-0.2, 0) is 10.0 Å². The Kier molecular flexibility index (Phi) is 4.42. The quantitative estimate of drug-likeness (QED) is 0.899. The average Bonchev–Trinajstić information content (AvgIpc) is 2.36. The number of sulfonamides is 1. The highest BCUT2D eigenvalue weighted by atomic mass is 35.5. The lowest BCUT2D eigenvalue weighted by Gasteiger charge is -2.19. The van der Waals surface area contributed by atoms with Gasteiger partial charge in [0.05, 0.1) is 11.8 Å². The van der Waals surface area contributed by atoms with Crippen molar-refractivity contribution < 1.29 is 8.42 Å². The van der Waals surface area contributed by atoms with E-state index in [1.807, 2.05) is 18.0 Å². The fourth-order valence-electron chi connectivity index (χ4n) is 1.82. The van der Waals surface area contributed by atoms with Crippen LogP contribution in [0.3, 0.4) is 0 Å². The zero-order valence-corrected chi connectivity index (χ0v) is 12.7. The van der Waals surface area contributed by atoms with Gasteiger partial charge < -0.3 is 4.90 Å². The molecule has 0 spiro atoms. The van der Waals surface area contributed by atoms with Gasteiger partial charge in [0.1, 0.15) is 12.1 Å². The van der Waals surface area contributed by atoms with E-state index in [2.05, 4.69) is 14.7 Å². The minimum absolute atomic E-state index is 0.314. The summed E-state index contributed by atoms with van der Waals surface area (Å²) in [7, 11) is -1.33. The van der Waals surface area contributed by atoms with Gasteiger partial charge in [0.15, 0.2) is 0 Å². The lowest BCUT2D eigenvalue weighted by molar-refractivity contribution is 0.587. The summed E-state index contributed by atoms with van der Waals surface area (Å²) in [6, 6.07) is 5.40. The first-order valence-electron chi connectivity index (χ1n) is 5.93. The fraction of sp³-hybridized carbons (Fsp3) is 0.333. The fourth-order valence-corrected chi connectivity index (χ4v) is 2.45. The van der Waals surface area contributed by atoms with E-state index in [9.17, 15) is 8.42 Å². The van der Waals surface area contributed by atoms with E-state index in [0.717, 1.165) is 23.0 Å². The van der Waals surface area contributed by atoms with Gasteiger partial charge in [0, 0.05) is 30.5 Å². The highest BCUT2D eigenvalue weighted by Gasteiger charge is 2.09. The van der Waals surface area contributed by atoms with Gasteiger partial charge in [-0.2, -0.15) is 0 Å². The van der Waals surface area contributed by atoms with E-state index in [0.29, 0.717) is 18.1 Å². The van der Waals surface area contributed by atoms with Gasteiger partial charge in [0.2, 0.25) is 10.0 Å². The summed E-state index contributed by atoms with van der Waals surface area (Å²) in [5, 5.41) is 1.49. The first kappa shape index (κ1) is 15.0. The molecule has 108 valence electrons. The zero-order valence-electron chi connectivity index (χ0n) is 11.2. The third-order valence-electron chi connectivity index (χ3n) is 2.75. The van der Waals surface area contributed by atoms with Crippen LogP contribution in [0.1, 0.15) is 0 Å². The summed E-state index contributed by atoms with van der Waals surface area (Å²) >= 11 is 5.93. The number of benzene rings is 1. The standard InChI is InChI=1S/C12H15ClN4O2S/c1-17(6-5-16-20(2,18)19)12-10-4-3-9(13)7-11(10)14-8-15-12/h3-4,7-8,16H,5-6H2,1-2H3. The summed E-state index contributed by atoms with van der Waals surface area (Å²) in [4.78, 5) is 10.3. The van der Waals surface area contributed by atoms with Gasteiger partial charge in [-0.3, -0.25) is 0 Å². The molecule has 0 unspecified atom stereocenters. The molecular weight excluding hydrogens is 300 g/mol. The Balaban J connectivity index is 2.20. The number of rotatable bonds is 5. The third kappa shape index (κ3) is 3.78. The molecule has 0 aliphatic carbocycles. The molecule has 2 aromatic rings. The van der Waals surface area contributed by atoms with E-state index < -0.39 is 10.0 Å². The van der Waals surface area contributed by atoms with Crippen LogP contribution in [0.4, 0.5) is 5.82 Å². The molecule has 0 aliphatic rings. The SMILES string of the molecule is CN(CCNS(C)(=O)=O)c1ncnc2cc(Cl)ccc12. The van der Waals surface area contributed by atoms with Crippen LogP contribution in [0, 0.1) is 0 Å². The summed E-state index contributed by atoms with van der Waals surface area (Å²) in [5.41, 5.74) is 0.755. The number of nitrogens with zero attached hydrogens (tertiary/aromatic N) is 3. The van der Waals surface area contributed by atoms with Crippen LogP contribution in [0.5, 0.6) is 0 Å². The van der Waals surface area contributed by atoms with Crippen LogP contribution in [0.25, 0.3) is 10.9 Å². The second-order valence-electron chi connectivity index (χ2n) is 4.45. The van der Waals surface area contributed by atoms with Gasteiger partial charge in [0.25, 0.3) is 0 Å². The van der Waals surface area contributed by atoms with Crippen LogP contribution >= 0.6 is 11.6 Å². The summed E-state index contributed by atoms with van der Waals surface area (Å²) in [6.07, 6.45) is 2.60. The smallest absolute Gasteiger partial charge is 0.208 e. The minimum atomic E-state index is -3.18. The summed E-state index contributed by atoms with van der Waals surface area (Å²) in [6.45, 7) is 0.816. The van der Waals surface area contributed by atoms with Crippen molar-refractivity contribution in [1.29, 1.82) is 0 Å². The highest BCUT2D eigenvalue weighted by molar-refractivity contribution is 7.88. The van der Waals surface area contributed by atoms with Crippen molar-refractivity contribution in [2.45, 2.75) is 0 Å². The topological polar surface area (TPSA) is 75.2 Å². The molecule has 0 saturated carbocycles. The number of anilines is 1. The number of hydrogen-bond acceptors (Lipinski definition) is 5. The average molecular weight is 315 g/mol. The molecule has 6 nitrogen and oxygen atoms in total. The monoisotopic (exact) mass is 314 g/mol. The molecule has 1 heterocycles. The molecule has 20 heavy (non-hydrogen) atoms. The number of likely N-dealkylation sites (N-methyl/N-ethyl adjacent to an activating group) is 1. The maximum absolute atomic E-state index is 11.0. The Morgan fingerprint density at radius 3 is 2.80 bits per heavy atom. The number of fused-ring (bicyclic) bond motifs is 1. The Bertz CT molecular complexity index is 720. The Morgan fingerprint density at radius 2 is 2.10 bits per heavy atom. The maximum Gasteiger partial charge on any atom is 0.208 e. The lowest BCUT2D eigenvalue weighted by Crippen LogP contribution is -2.32. The first-order chi connectivity index (χ1) is 9.37. The second kappa shape index (κ2) is 5.90. The molecule has 0 fully saturated rings. The molecule has 0 radical (unpaired) electrons. The number of hydrogen-bond donors (Lipinski definition) is 1. The van der Waals surface area contributed by atoms with Crippen molar-refractivity contribution in [1.82, 2.24) is 14.7 Å². The van der Waals surface area contributed by atoms with Crippen molar-refractivity contribution in [2.24, 2.45) is 0 Å². The molecule has 0 amide bonds.